The minimum atomic E-state index is -0.0428. The van der Waals surface area contributed by atoms with Crippen molar-refractivity contribution in [2.45, 2.75) is 111 Å². The Kier molecular flexibility index (Phi) is 16.4. The first-order chi connectivity index (χ1) is 19.1. The lowest BCUT2D eigenvalue weighted by molar-refractivity contribution is -0.127. The predicted octanol–water partition coefficient (Wildman–Crippen LogP) is 5.81. The third kappa shape index (κ3) is 14.6. The lowest BCUT2D eigenvalue weighted by Gasteiger charge is -2.37. The zero-order chi connectivity index (χ0) is 29.3. The number of nitrogens with zero attached hydrogens (tertiary/aromatic N) is 1. The van der Waals surface area contributed by atoms with Gasteiger partial charge in [-0.25, -0.2) is 4.98 Å². The van der Waals surface area contributed by atoms with Gasteiger partial charge in [0.1, 0.15) is 25.1 Å². The number of carbonyl (C=O) groups is 2. The van der Waals surface area contributed by atoms with Gasteiger partial charge < -0.3 is 24.3 Å². The predicted molar refractivity (Wildman–Crippen MR) is 158 cm³/mol. The van der Waals surface area contributed by atoms with Gasteiger partial charge in [0.15, 0.2) is 11.6 Å². The van der Waals surface area contributed by atoms with Gasteiger partial charge in [0, 0.05) is 49.8 Å². The maximum Gasteiger partial charge on any atom is 0.213 e. The Bertz CT molecular complexity index is 838. The van der Waals surface area contributed by atoms with Gasteiger partial charge in [0.25, 0.3) is 0 Å². The largest absolute Gasteiger partial charge is 0.484 e. The average Bonchev–Trinajstić information content (AvgIpc) is 2.90. The number of ether oxygens (including phenoxy) is 4. The Balaban J connectivity index is 1.48. The van der Waals surface area contributed by atoms with Crippen LogP contribution in [0.5, 0.6) is 11.6 Å². The molecule has 1 N–H and O–H groups in total. The van der Waals surface area contributed by atoms with Crippen molar-refractivity contribution in [3.63, 3.8) is 0 Å². The molecule has 1 aliphatic rings. The normalized spacial score (nSPS) is 18.4. The van der Waals surface area contributed by atoms with Crippen LogP contribution in [0.25, 0.3) is 0 Å². The van der Waals surface area contributed by atoms with Crippen LogP contribution in [0.2, 0.25) is 0 Å². The molecule has 8 heteroatoms. The summed E-state index contributed by atoms with van der Waals surface area (Å²) in [6, 6.07) is 4.31. The van der Waals surface area contributed by atoms with Crippen molar-refractivity contribution in [1.29, 1.82) is 0 Å². The van der Waals surface area contributed by atoms with Gasteiger partial charge >= 0.3 is 0 Å². The molecule has 0 bridgehead atoms. The standard InChI is InChI=1S/C32H54N2O6/c1-23(2)10-7-8-15-37-16-9-17-38-21-31(36)25(5)11-12-26(6)34-27-18-29(19-27)40-32-14-13-28(20-33-32)39-22-30(35)24(3)4/h13-14,20,23-27,29,34H,7-12,15-19,21-22H2,1-6H3/t25?,26?,27-,29+. The highest BCUT2D eigenvalue weighted by Crippen LogP contribution is 2.26. The zero-order valence-corrected chi connectivity index (χ0v) is 25.8. The van der Waals surface area contributed by atoms with E-state index < -0.39 is 0 Å². The van der Waals surface area contributed by atoms with Crippen LogP contribution >= 0.6 is 0 Å². The third-order valence-corrected chi connectivity index (χ3v) is 7.36. The topological polar surface area (TPSA) is 96.0 Å². The summed E-state index contributed by atoms with van der Waals surface area (Å²) in [5.74, 6) is 2.09. The molecular weight excluding hydrogens is 508 g/mol. The summed E-state index contributed by atoms with van der Waals surface area (Å²) in [6.45, 7) is 14.7. The Morgan fingerprint density at radius 2 is 1.60 bits per heavy atom. The molecule has 0 amide bonds. The fourth-order valence-electron chi connectivity index (χ4n) is 4.40. The van der Waals surface area contributed by atoms with Crippen LogP contribution in [-0.4, -0.2) is 67.8 Å². The molecule has 1 heterocycles. The fourth-order valence-corrected chi connectivity index (χ4v) is 4.40. The molecule has 228 valence electrons. The Hall–Kier alpha value is -2.03. The second-order valence-corrected chi connectivity index (χ2v) is 12.1. The van der Waals surface area contributed by atoms with Crippen LogP contribution in [0.1, 0.15) is 92.9 Å². The van der Waals surface area contributed by atoms with Crippen molar-refractivity contribution in [2.24, 2.45) is 17.8 Å². The van der Waals surface area contributed by atoms with Gasteiger partial charge in [0.2, 0.25) is 5.88 Å². The summed E-state index contributed by atoms with van der Waals surface area (Å²) in [5, 5.41) is 3.65. The van der Waals surface area contributed by atoms with Gasteiger partial charge in [0.05, 0.1) is 6.20 Å². The maximum absolute atomic E-state index is 12.4. The second kappa shape index (κ2) is 19.2. The average molecular weight is 563 g/mol. The molecule has 0 saturated heterocycles. The lowest BCUT2D eigenvalue weighted by atomic mass is 9.88. The molecule has 40 heavy (non-hydrogen) atoms. The van der Waals surface area contributed by atoms with Crippen molar-refractivity contribution in [1.82, 2.24) is 10.3 Å². The number of hydrogen-bond donors (Lipinski definition) is 1. The van der Waals surface area contributed by atoms with Crippen LogP contribution in [0.3, 0.4) is 0 Å². The van der Waals surface area contributed by atoms with E-state index in [1.54, 1.807) is 18.3 Å². The summed E-state index contributed by atoms with van der Waals surface area (Å²) < 4.78 is 22.7. The van der Waals surface area contributed by atoms with Crippen molar-refractivity contribution >= 4 is 11.6 Å². The molecule has 1 saturated carbocycles. The number of unbranched alkanes of at least 4 members (excludes halogenated alkanes) is 1. The summed E-state index contributed by atoms with van der Waals surface area (Å²) >= 11 is 0. The molecule has 0 aliphatic heterocycles. The van der Waals surface area contributed by atoms with Crippen molar-refractivity contribution in [2.75, 3.05) is 33.0 Å². The number of aromatic nitrogens is 1. The van der Waals surface area contributed by atoms with E-state index in [1.807, 2.05) is 20.8 Å². The van der Waals surface area contributed by atoms with Crippen LogP contribution in [0.15, 0.2) is 18.3 Å². The van der Waals surface area contributed by atoms with Crippen molar-refractivity contribution in [3.05, 3.63) is 18.3 Å². The first kappa shape index (κ1) is 34.2. The minimum absolute atomic E-state index is 0.000416. The number of Topliss-reactive ketones (excluding diaryl/α,β-unsaturated/α-hetero) is 2. The monoisotopic (exact) mass is 562 g/mol. The molecule has 2 rings (SSSR count). The van der Waals surface area contributed by atoms with E-state index in [1.165, 1.54) is 12.8 Å². The van der Waals surface area contributed by atoms with Gasteiger partial charge in [-0.1, -0.05) is 47.5 Å². The second-order valence-electron chi connectivity index (χ2n) is 12.1. The van der Waals surface area contributed by atoms with E-state index in [4.69, 9.17) is 18.9 Å². The van der Waals surface area contributed by atoms with E-state index in [0.717, 1.165) is 51.0 Å². The maximum atomic E-state index is 12.4. The van der Waals surface area contributed by atoms with E-state index in [9.17, 15) is 9.59 Å². The molecule has 0 aromatic carbocycles. The Morgan fingerprint density at radius 1 is 0.875 bits per heavy atom. The molecule has 0 spiro atoms. The number of ketones is 2. The molecule has 1 aromatic heterocycles. The van der Waals surface area contributed by atoms with Crippen LogP contribution in [-0.2, 0) is 19.1 Å². The summed E-state index contributed by atoms with van der Waals surface area (Å²) in [5.41, 5.74) is 0. The number of hydrogen-bond acceptors (Lipinski definition) is 8. The Labute approximate surface area is 242 Å². The summed E-state index contributed by atoms with van der Waals surface area (Å²) in [4.78, 5) is 28.4. The molecule has 0 radical (unpaired) electrons. The molecule has 8 nitrogen and oxygen atoms in total. The quantitative estimate of drug-likeness (QED) is 0.167. The molecule has 2 unspecified atom stereocenters. The van der Waals surface area contributed by atoms with E-state index in [0.29, 0.717) is 36.9 Å². The third-order valence-electron chi connectivity index (χ3n) is 7.36. The van der Waals surface area contributed by atoms with Crippen molar-refractivity contribution < 1.29 is 28.5 Å². The molecular formula is C32H54N2O6. The van der Waals surface area contributed by atoms with Gasteiger partial charge in [-0.3, -0.25) is 9.59 Å². The number of nitrogens with one attached hydrogen (secondary N) is 1. The Morgan fingerprint density at radius 3 is 2.27 bits per heavy atom. The summed E-state index contributed by atoms with van der Waals surface area (Å²) in [7, 11) is 0. The zero-order valence-electron chi connectivity index (χ0n) is 25.8. The molecule has 1 aliphatic carbocycles. The van der Waals surface area contributed by atoms with Gasteiger partial charge in [-0.2, -0.15) is 0 Å². The van der Waals surface area contributed by atoms with Crippen molar-refractivity contribution in [3.8, 4) is 11.6 Å². The highest BCUT2D eigenvalue weighted by molar-refractivity contribution is 5.82. The molecule has 1 aromatic rings. The highest BCUT2D eigenvalue weighted by atomic mass is 16.5. The highest BCUT2D eigenvalue weighted by Gasteiger charge is 2.32. The fraction of sp³-hybridized carbons (Fsp3) is 0.781. The summed E-state index contributed by atoms with van der Waals surface area (Å²) in [6.07, 6.45) is 9.81. The molecule has 1 fully saturated rings. The number of pyridine rings is 1. The van der Waals surface area contributed by atoms with E-state index in [-0.39, 0.29) is 42.7 Å². The first-order valence-corrected chi connectivity index (χ1v) is 15.4. The number of rotatable bonds is 23. The number of carbonyl (C=O) groups excluding carboxylic acids is 2. The van der Waals surface area contributed by atoms with Crippen LogP contribution in [0, 0.1) is 17.8 Å². The van der Waals surface area contributed by atoms with Crippen LogP contribution < -0.4 is 14.8 Å². The van der Waals surface area contributed by atoms with Gasteiger partial charge in [-0.15, -0.1) is 0 Å². The minimum Gasteiger partial charge on any atom is -0.484 e. The first-order valence-electron chi connectivity index (χ1n) is 15.4. The smallest absolute Gasteiger partial charge is 0.213 e. The van der Waals surface area contributed by atoms with E-state index in [2.05, 4.69) is 31.1 Å². The molecule has 2 atom stereocenters. The van der Waals surface area contributed by atoms with Crippen LogP contribution in [0.4, 0.5) is 0 Å². The van der Waals surface area contributed by atoms with E-state index >= 15 is 0 Å². The van der Waals surface area contributed by atoms with Gasteiger partial charge in [-0.05, 0) is 57.4 Å². The SMILES string of the molecule is CC(C)CCCCOCCCOCC(=O)C(C)CCC(C)N[C@H]1C[C@@H](Oc2ccc(OCC(=O)C(C)C)cn2)C1. The lowest BCUT2D eigenvalue weighted by Crippen LogP contribution is -2.49.